The molecule has 0 amide bonds. The van der Waals surface area contributed by atoms with Gasteiger partial charge in [-0.1, -0.05) is 23.9 Å². The Morgan fingerprint density at radius 1 is 1.47 bits per heavy atom. The number of benzene rings is 1. The standard InChI is InChI=1S/C12H12N2O4S/c1-8-3-2-4-9(5-8)17-6-10-13-14-12(18-10)19-7-11(15)16/h2-5H,6-7H2,1H3,(H,15,16). The number of aromatic nitrogens is 2. The maximum Gasteiger partial charge on any atom is 0.314 e. The lowest BCUT2D eigenvalue weighted by Gasteiger charge is -2.03. The molecule has 2 aromatic rings. The number of hydrogen-bond acceptors (Lipinski definition) is 6. The van der Waals surface area contributed by atoms with E-state index in [0.29, 0.717) is 5.89 Å². The third kappa shape index (κ3) is 4.29. The molecule has 1 aromatic heterocycles. The number of ether oxygens (including phenoxy) is 1. The summed E-state index contributed by atoms with van der Waals surface area (Å²) in [6.07, 6.45) is 0. The normalized spacial score (nSPS) is 10.4. The van der Waals surface area contributed by atoms with Crippen LogP contribution in [0.4, 0.5) is 0 Å². The number of nitrogens with zero attached hydrogens (tertiary/aromatic N) is 2. The summed E-state index contributed by atoms with van der Waals surface area (Å²) in [5.41, 5.74) is 1.10. The van der Waals surface area contributed by atoms with E-state index in [0.717, 1.165) is 23.1 Å². The fourth-order valence-electron chi connectivity index (χ4n) is 1.33. The van der Waals surface area contributed by atoms with Crippen LogP contribution in [-0.2, 0) is 11.4 Å². The monoisotopic (exact) mass is 280 g/mol. The highest BCUT2D eigenvalue weighted by atomic mass is 32.2. The summed E-state index contributed by atoms with van der Waals surface area (Å²) in [6, 6.07) is 7.60. The summed E-state index contributed by atoms with van der Waals surface area (Å²) >= 11 is 0.978. The third-order valence-electron chi connectivity index (χ3n) is 2.12. The highest BCUT2D eigenvalue weighted by molar-refractivity contribution is 7.99. The molecule has 0 spiro atoms. The highest BCUT2D eigenvalue weighted by Gasteiger charge is 2.09. The minimum atomic E-state index is -0.930. The molecular formula is C12H12N2O4S. The number of aryl methyl sites for hydroxylation is 1. The molecule has 1 heterocycles. The SMILES string of the molecule is Cc1cccc(OCc2nnc(SCC(=O)O)o2)c1. The van der Waals surface area contributed by atoms with Crippen LogP contribution in [-0.4, -0.2) is 27.0 Å². The fourth-order valence-corrected chi connectivity index (χ4v) is 1.83. The van der Waals surface area contributed by atoms with Crippen molar-refractivity contribution >= 4 is 17.7 Å². The van der Waals surface area contributed by atoms with Crippen molar-refractivity contribution in [2.24, 2.45) is 0 Å². The lowest BCUT2D eigenvalue weighted by atomic mass is 10.2. The smallest absolute Gasteiger partial charge is 0.314 e. The van der Waals surface area contributed by atoms with Gasteiger partial charge in [0.25, 0.3) is 11.1 Å². The molecule has 7 heteroatoms. The van der Waals surface area contributed by atoms with Gasteiger partial charge >= 0.3 is 5.97 Å². The molecule has 0 atom stereocenters. The van der Waals surface area contributed by atoms with Crippen LogP contribution >= 0.6 is 11.8 Å². The zero-order chi connectivity index (χ0) is 13.7. The van der Waals surface area contributed by atoms with Crippen molar-refractivity contribution in [2.75, 3.05) is 5.75 Å². The van der Waals surface area contributed by atoms with E-state index in [2.05, 4.69) is 10.2 Å². The van der Waals surface area contributed by atoms with Gasteiger partial charge in [-0.05, 0) is 24.6 Å². The molecule has 2 rings (SSSR count). The molecule has 1 N–H and O–H groups in total. The van der Waals surface area contributed by atoms with Crippen molar-refractivity contribution in [2.45, 2.75) is 18.8 Å². The van der Waals surface area contributed by atoms with Crippen LogP contribution in [0.5, 0.6) is 5.75 Å². The molecule has 0 aliphatic carbocycles. The molecule has 0 aliphatic rings. The van der Waals surface area contributed by atoms with Crippen molar-refractivity contribution in [1.82, 2.24) is 10.2 Å². The molecule has 6 nitrogen and oxygen atoms in total. The molecule has 0 unspecified atom stereocenters. The van der Waals surface area contributed by atoms with Gasteiger partial charge in [0.2, 0.25) is 0 Å². The number of aliphatic carboxylic acids is 1. The van der Waals surface area contributed by atoms with E-state index in [9.17, 15) is 4.79 Å². The van der Waals surface area contributed by atoms with Gasteiger partial charge in [0.15, 0.2) is 6.61 Å². The lowest BCUT2D eigenvalue weighted by Crippen LogP contribution is -1.97. The van der Waals surface area contributed by atoms with Crippen LogP contribution in [0.3, 0.4) is 0 Å². The maximum atomic E-state index is 10.4. The van der Waals surface area contributed by atoms with Crippen molar-refractivity contribution in [1.29, 1.82) is 0 Å². The summed E-state index contributed by atoms with van der Waals surface area (Å²) < 4.78 is 10.7. The zero-order valence-corrected chi connectivity index (χ0v) is 11.0. The molecule has 0 aliphatic heterocycles. The Kier molecular flexibility index (Phi) is 4.40. The predicted octanol–water partition coefficient (Wildman–Crippen LogP) is 2.13. The molecule has 0 saturated heterocycles. The number of carboxylic acids is 1. The van der Waals surface area contributed by atoms with Crippen LogP contribution in [0.1, 0.15) is 11.5 Å². The summed E-state index contributed by atoms with van der Waals surface area (Å²) in [5, 5.41) is 16.2. The van der Waals surface area contributed by atoms with Crippen LogP contribution in [0.25, 0.3) is 0 Å². The van der Waals surface area contributed by atoms with E-state index in [4.69, 9.17) is 14.3 Å². The summed E-state index contributed by atoms with van der Waals surface area (Å²) in [4.78, 5) is 10.4. The second kappa shape index (κ2) is 6.24. The van der Waals surface area contributed by atoms with Gasteiger partial charge in [-0.3, -0.25) is 4.79 Å². The first kappa shape index (κ1) is 13.4. The van der Waals surface area contributed by atoms with Gasteiger partial charge in [-0.2, -0.15) is 0 Å². The quantitative estimate of drug-likeness (QED) is 0.811. The van der Waals surface area contributed by atoms with E-state index in [1.165, 1.54) is 0 Å². The van der Waals surface area contributed by atoms with Crippen molar-refractivity contribution < 1.29 is 19.1 Å². The topological polar surface area (TPSA) is 85.5 Å². The Balaban J connectivity index is 1.88. The second-order valence-electron chi connectivity index (χ2n) is 3.75. The Hall–Kier alpha value is -2.02. The first-order chi connectivity index (χ1) is 9.13. The summed E-state index contributed by atoms with van der Waals surface area (Å²) in [5.74, 6) is -0.00603. The molecule has 1 aromatic carbocycles. The number of carboxylic acid groups (broad SMARTS) is 1. The second-order valence-corrected chi connectivity index (χ2v) is 4.68. The van der Waals surface area contributed by atoms with Crippen LogP contribution < -0.4 is 4.74 Å². The number of hydrogen-bond donors (Lipinski definition) is 1. The molecule has 0 saturated carbocycles. The minimum absolute atomic E-state index is 0.111. The largest absolute Gasteiger partial charge is 0.484 e. The molecule has 0 bridgehead atoms. The first-order valence-corrected chi connectivity index (χ1v) is 6.48. The predicted molar refractivity (Wildman–Crippen MR) is 68.2 cm³/mol. The average Bonchev–Trinajstić information content (AvgIpc) is 2.82. The van der Waals surface area contributed by atoms with Gasteiger partial charge < -0.3 is 14.3 Å². The van der Waals surface area contributed by atoms with Crippen LogP contribution in [0, 0.1) is 6.92 Å². The lowest BCUT2D eigenvalue weighted by molar-refractivity contribution is -0.133. The van der Waals surface area contributed by atoms with Gasteiger partial charge in [-0.15, -0.1) is 10.2 Å². The Labute approximate surface area is 113 Å². The van der Waals surface area contributed by atoms with E-state index in [1.807, 2.05) is 31.2 Å². The molecule has 100 valence electrons. The van der Waals surface area contributed by atoms with Crippen molar-refractivity contribution in [3.63, 3.8) is 0 Å². The van der Waals surface area contributed by atoms with Gasteiger partial charge in [0.05, 0.1) is 0 Å². The Bertz CT molecular complexity index is 570. The highest BCUT2D eigenvalue weighted by Crippen LogP contribution is 2.18. The van der Waals surface area contributed by atoms with Crippen molar-refractivity contribution in [3.8, 4) is 5.75 Å². The van der Waals surface area contributed by atoms with E-state index in [-0.39, 0.29) is 17.6 Å². The summed E-state index contributed by atoms with van der Waals surface area (Å²) in [6.45, 7) is 2.13. The summed E-state index contributed by atoms with van der Waals surface area (Å²) in [7, 11) is 0. The van der Waals surface area contributed by atoms with E-state index in [1.54, 1.807) is 0 Å². The zero-order valence-electron chi connectivity index (χ0n) is 10.2. The number of carbonyl (C=O) groups is 1. The Morgan fingerprint density at radius 3 is 3.05 bits per heavy atom. The molecule has 19 heavy (non-hydrogen) atoms. The van der Waals surface area contributed by atoms with Gasteiger partial charge in [-0.25, -0.2) is 0 Å². The molecule has 0 fully saturated rings. The van der Waals surface area contributed by atoms with Crippen LogP contribution in [0.15, 0.2) is 33.9 Å². The average molecular weight is 280 g/mol. The van der Waals surface area contributed by atoms with Gasteiger partial charge in [0.1, 0.15) is 11.5 Å². The first-order valence-electron chi connectivity index (χ1n) is 5.50. The number of rotatable bonds is 6. The maximum absolute atomic E-state index is 10.4. The van der Waals surface area contributed by atoms with Crippen LogP contribution in [0.2, 0.25) is 0 Å². The van der Waals surface area contributed by atoms with E-state index >= 15 is 0 Å². The fraction of sp³-hybridized carbons (Fsp3) is 0.250. The Morgan fingerprint density at radius 2 is 2.32 bits per heavy atom. The molecular weight excluding hydrogens is 268 g/mol. The third-order valence-corrected chi connectivity index (χ3v) is 2.92. The van der Waals surface area contributed by atoms with Gasteiger partial charge in [0, 0.05) is 0 Å². The van der Waals surface area contributed by atoms with E-state index < -0.39 is 5.97 Å². The molecule has 0 radical (unpaired) electrons. The number of thioether (sulfide) groups is 1. The minimum Gasteiger partial charge on any atom is -0.484 e. The van der Waals surface area contributed by atoms with Crippen molar-refractivity contribution in [3.05, 3.63) is 35.7 Å².